The Labute approximate surface area is 124 Å². The van der Waals surface area contributed by atoms with Gasteiger partial charge in [0.05, 0.1) is 0 Å². The fourth-order valence-electron chi connectivity index (χ4n) is 1.74. The van der Waals surface area contributed by atoms with Gasteiger partial charge < -0.3 is 15.4 Å². The molecule has 6 heteroatoms. The third-order valence-electron chi connectivity index (χ3n) is 2.87. The van der Waals surface area contributed by atoms with Gasteiger partial charge in [0.2, 0.25) is 0 Å². The van der Waals surface area contributed by atoms with Gasteiger partial charge in [-0.05, 0) is 18.4 Å². The summed E-state index contributed by atoms with van der Waals surface area (Å²) in [5.74, 6) is 1.43. The average molecular weight is 299 g/mol. The van der Waals surface area contributed by atoms with Gasteiger partial charge in [0, 0.05) is 25.7 Å². The normalized spacial score (nSPS) is 11.9. The van der Waals surface area contributed by atoms with Crippen LogP contribution in [0.15, 0.2) is 29.3 Å². The third kappa shape index (κ3) is 6.92. The van der Waals surface area contributed by atoms with Gasteiger partial charge in [-0.3, -0.25) is 4.99 Å². The number of benzene rings is 1. The van der Waals surface area contributed by atoms with Crippen molar-refractivity contribution in [2.24, 2.45) is 10.9 Å². The van der Waals surface area contributed by atoms with E-state index in [9.17, 15) is 8.78 Å². The lowest BCUT2D eigenvalue weighted by atomic mass is 10.1. The quantitative estimate of drug-likeness (QED) is 0.601. The van der Waals surface area contributed by atoms with E-state index < -0.39 is 6.61 Å². The first kappa shape index (κ1) is 17.2. The lowest BCUT2D eigenvalue weighted by molar-refractivity contribution is -0.0504. The predicted octanol–water partition coefficient (Wildman–Crippen LogP) is 3.00. The van der Waals surface area contributed by atoms with Gasteiger partial charge in [-0.2, -0.15) is 8.78 Å². The summed E-state index contributed by atoms with van der Waals surface area (Å²) in [5, 5.41) is 6.27. The van der Waals surface area contributed by atoms with E-state index in [-0.39, 0.29) is 5.75 Å². The summed E-state index contributed by atoms with van der Waals surface area (Å²) in [7, 11) is 1.67. The molecule has 21 heavy (non-hydrogen) atoms. The van der Waals surface area contributed by atoms with Gasteiger partial charge in [-0.25, -0.2) is 0 Å². The Bertz CT molecular complexity index is 450. The standard InChI is InChI=1S/C15H23F2N3O/c1-11(2)8-9-19-15(18-3)20-10-12-6-4-5-7-13(12)21-14(16)17/h4-7,11,14H,8-10H2,1-3H3,(H2,18,19,20). The summed E-state index contributed by atoms with van der Waals surface area (Å²) < 4.78 is 29.1. The lowest BCUT2D eigenvalue weighted by Crippen LogP contribution is -2.37. The van der Waals surface area contributed by atoms with Crippen LogP contribution in [0.1, 0.15) is 25.8 Å². The summed E-state index contributed by atoms with van der Waals surface area (Å²) in [6, 6.07) is 6.71. The zero-order chi connectivity index (χ0) is 15.7. The summed E-state index contributed by atoms with van der Waals surface area (Å²) in [6.45, 7) is 2.65. The van der Waals surface area contributed by atoms with Crippen molar-refractivity contribution in [1.82, 2.24) is 10.6 Å². The molecule has 0 aromatic heterocycles. The maximum absolute atomic E-state index is 12.3. The van der Waals surface area contributed by atoms with E-state index in [1.165, 1.54) is 6.07 Å². The minimum absolute atomic E-state index is 0.178. The molecule has 0 saturated heterocycles. The zero-order valence-corrected chi connectivity index (χ0v) is 12.7. The number of ether oxygens (including phenoxy) is 1. The molecule has 0 heterocycles. The van der Waals surface area contributed by atoms with Gasteiger partial charge in [0.25, 0.3) is 0 Å². The molecule has 0 atom stereocenters. The minimum Gasteiger partial charge on any atom is -0.434 e. The van der Waals surface area contributed by atoms with Crippen molar-refractivity contribution < 1.29 is 13.5 Å². The van der Waals surface area contributed by atoms with E-state index in [1.807, 2.05) is 0 Å². The number of nitrogens with one attached hydrogen (secondary N) is 2. The van der Waals surface area contributed by atoms with Crippen LogP contribution in [0.25, 0.3) is 0 Å². The summed E-state index contributed by atoms with van der Waals surface area (Å²) in [6.07, 6.45) is 1.03. The minimum atomic E-state index is -2.82. The van der Waals surface area contributed by atoms with E-state index in [0.29, 0.717) is 24.0 Å². The van der Waals surface area contributed by atoms with Gasteiger partial charge in [-0.15, -0.1) is 0 Å². The monoisotopic (exact) mass is 299 g/mol. The molecule has 0 amide bonds. The van der Waals surface area contributed by atoms with Crippen molar-refractivity contribution in [3.05, 3.63) is 29.8 Å². The number of para-hydroxylation sites is 1. The molecule has 1 rings (SSSR count). The van der Waals surface area contributed by atoms with Gasteiger partial charge in [0.15, 0.2) is 5.96 Å². The smallest absolute Gasteiger partial charge is 0.387 e. The van der Waals surface area contributed by atoms with Crippen molar-refractivity contribution >= 4 is 5.96 Å². The highest BCUT2D eigenvalue weighted by molar-refractivity contribution is 5.79. The molecule has 0 aliphatic carbocycles. The van der Waals surface area contributed by atoms with Crippen molar-refractivity contribution in [1.29, 1.82) is 0 Å². The van der Waals surface area contributed by atoms with Crippen LogP contribution in [0.2, 0.25) is 0 Å². The Balaban J connectivity index is 2.53. The predicted molar refractivity (Wildman–Crippen MR) is 80.7 cm³/mol. The number of guanidine groups is 1. The lowest BCUT2D eigenvalue weighted by Gasteiger charge is -2.15. The fourth-order valence-corrected chi connectivity index (χ4v) is 1.74. The van der Waals surface area contributed by atoms with E-state index in [1.54, 1.807) is 25.2 Å². The second kappa shape index (κ2) is 9.15. The van der Waals surface area contributed by atoms with Crippen molar-refractivity contribution in [3.63, 3.8) is 0 Å². The molecule has 0 aliphatic heterocycles. The maximum Gasteiger partial charge on any atom is 0.387 e. The van der Waals surface area contributed by atoms with Crippen LogP contribution < -0.4 is 15.4 Å². The second-order valence-electron chi connectivity index (χ2n) is 5.02. The molecule has 0 bridgehead atoms. The maximum atomic E-state index is 12.3. The molecule has 2 N–H and O–H groups in total. The van der Waals surface area contributed by atoms with Gasteiger partial charge >= 0.3 is 6.61 Å². The first-order valence-corrected chi connectivity index (χ1v) is 7.00. The first-order chi connectivity index (χ1) is 10.0. The molecular formula is C15H23F2N3O. The molecule has 0 unspecified atom stereocenters. The van der Waals surface area contributed by atoms with Crippen LogP contribution >= 0.6 is 0 Å². The van der Waals surface area contributed by atoms with Gasteiger partial charge in [0.1, 0.15) is 5.75 Å². The largest absolute Gasteiger partial charge is 0.434 e. The van der Waals surface area contributed by atoms with Crippen LogP contribution in [-0.2, 0) is 6.54 Å². The highest BCUT2D eigenvalue weighted by Crippen LogP contribution is 2.19. The molecule has 0 aliphatic rings. The number of hydrogen-bond donors (Lipinski definition) is 2. The highest BCUT2D eigenvalue weighted by atomic mass is 19.3. The fraction of sp³-hybridized carbons (Fsp3) is 0.533. The van der Waals surface area contributed by atoms with Crippen molar-refractivity contribution in [3.8, 4) is 5.75 Å². The van der Waals surface area contributed by atoms with Crippen LogP contribution in [0.3, 0.4) is 0 Å². The Hall–Kier alpha value is -1.85. The molecule has 1 aromatic rings. The Kier molecular flexibility index (Phi) is 7.50. The number of hydrogen-bond acceptors (Lipinski definition) is 2. The molecule has 1 aromatic carbocycles. The topological polar surface area (TPSA) is 45.7 Å². The average Bonchev–Trinajstić information content (AvgIpc) is 2.43. The number of alkyl halides is 2. The third-order valence-corrected chi connectivity index (χ3v) is 2.87. The Morgan fingerprint density at radius 2 is 1.95 bits per heavy atom. The highest BCUT2D eigenvalue weighted by Gasteiger charge is 2.09. The Morgan fingerprint density at radius 3 is 2.57 bits per heavy atom. The molecule has 0 spiro atoms. The summed E-state index contributed by atoms with van der Waals surface area (Å²) in [5.41, 5.74) is 0.657. The number of halogens is 2. The number of nitrogens with zero attached hydrogens (tertiary/aromatic N) is 1. The van der Waals surface area contributed by atoms with E-state index in [4.69, 9.17) is 0 Å². The van der Waals surface area contributed by atoms with Crippen LogP contribution in [0.4, 0.5) is 8.78 Å². The van der Waals surface area contributed by atoms with Gasteiger partial charge in [-0.1, -0.05) is 32.0 Å². The van der Waals surface area contributed by atoms with E-state index in [0.717, 1.165) is 13.0 Å². The molecule has 0 fully saturated rings. The van der Waals surface area contributed by atoms with Crippen LogP contribution in [0.5, 0.6) is 5.75 Å². The Morgan fingerprint density at radius 1 is 1.24 bits per heavy atom. The van der Waals surface area contributed by atoms with Crippen molar-refractivity contribution in [2.45, 2.75) is 33.4 Å². The molecule has 0 radical (unpaired) electrons. The summed E-state index contributed by atoms with van der Waals surface area (Å²) in [4.78, 5) is 4.10. The molecular weight excluding hydrogens is 276 g/mol. The SMILES string of the molecule is CN=C(NCCC(C)C)NCc1ccccc1OC(F)F. The first-order valence-electron chi connectivity index (χ1n) is 7.00. The van der Waals surface area contributed by atoms with Crippen LogP contribution in [-0.4, -0.2) is 26.2 Å². The second-order valence-corrected chi connectivity index (χ2v) is 5.02. The summed E-state index contributed by atoms with van der Waals surface area (Å²) >= 11 is 0. The van der Waals surface area contributed by atoms with E-state index in [2.05, 4.69) is 34.2 Å². The number of rotatable bonds is 7. The van der Waals surface area contributed by atoms with Crippen LogP contribution in [0, 0.1) is 5.92 Å². The van der Waals surface area contributed by atoms with Crippen molar-refractivity contribution in [2.75, 3.05) is 13.6 Å². The molecule has 0 saturated carbocycles. The molecule has 4 nitrogen and oxygen atoms in total. The number of aliphatic imine (C=N–C) groups is 1. The zero-order valence-electron chi connectivity index (χ0n) is 12.7. The van der Waals surface area contributed by atoms with E-state index >= 15 is 0 Å². The molecule has 118 valence electrons.